The molecule has 0 fully saturated rings. The van der Waals surface area contributed by atoms with Crippen LogP contribution in [0.4, 0.5) is 5.69 Å². The number of anilines is 1. The van der Waals surface area contributed by atoms with Gasteiger partial charge in [-0.15, -0.1) is 0 Å². The normalized spacial score (nSPS) is 12.7. The van der Waals surface area contributed by atoms with Crippen LogP contribution in [0.5, 0.6) is 0 Å². The van der Waals surface area contributed by atoms with Crippen LogP contribution in [0, 0.1) is 0 Å². The average Bonchev–Trinajstić information content (AvgIpc) is 3.15. The molecule has 0 aliphatic carbocycles. The SMILES string of the molecule is COC[C@H](N)Cc1oc2c(NCc3ccco3)cc(Cl)nc2c1Br. The van der Waals surface area contributed by atoms with Gasteiger partial charge in [0, 0.05) is 25.6 Å². The van der Waals surface area contributed by atoms with Crippen molar-refractivity contribution in [3.63, 3.8) is 0 Å². The number of halogens is 2. The van der Waals surface area contributed by atoms with Gasteiger partial charge in [0.15, 0.2) is 5.58 Å². The summed E-state index contributed by atoms with van der Waals surface area (Å²) in [4.78, 5) is 4.34. The van der Waals surface area contributed by atoms with Gasteiger partial charge in [-0.25, -0.2) is 4.98 Å². The van der Waals surface area contributed by atoms with Crippen molar-refractivity contribution in [2.75, 3.05) is 19.0 Å². The molecule has 0 unspecified atom stereocenters. The van der Waals surface area contributed by atoms with Gasteiger partial charge in [-0.1, -0.05) is 11.6 Å². The Bertz CT molecular complexity index is 820. The second kappa shape index (κ2) is 7.57. The quantitative estimate of drug-likeness (QED) is 0.569. The van der Waals surface area contributed by atoms with E-state index < -0.39 is 0 Å². The van der Waals surface area contributed by atoms with E-state index in [0.717, 1.165) is 15.9 Å². The molecule has 3 heterocycles. The summed E-state index contributed by atoms with van der Waals surface area (Å²) in [7, 11) is 1.62. The number of hydrogen-bond donors (Lipinski definition) is 2. The van der Waals surface area contributed by atoms with Crippen LogP contribution in [0.1, 0.15) is 11.5 Å². The molecule has 3 rings (SSSR count). The number of furan rings is 2. The average molecular weight is 415 g/mol. The molecule has 0 amide bonds. The number of methoxy groups -OCH3 is 1. The number of ether oxygens (including phenoxy) is 1. The molecular formula is C16H17BrClN3O3. The van der Waals surface area contributed by atoms with Crippen molar-refractivity contribution in [2.24, 2.45) is 5.73 Å². The molecule has 3 aromatic rings. The number of hydrogen-bond acceptors (Lipinski definition) is 6. The molecule has 6 nitrogen and oxygen atoms in total. The molecule has 1 atom stereocenters. The van der Waals surface area contributed by atoms with E-state index in [0.29, 0.717) is 41.6 Å². The highest BCUT2D eigenvalue weighted by atomic mass is 79.9. The van der Waals surface area contributed by atoms with Gasteiger partial charge in [0.1, 0.15) is 22.2 Å². The van der Waals surface area contributed by atoms with Crippen molar-refractivity contribution in [3.05, 3.63) is 45.6 Å². The first-order chi connectivity index (χ1) is 11.6. The third-order valence-electron chi connectivity index (χ3n) is 3.48. The lowest BCUT2D eigenvalue weighted by Gasteiger charge is -2.08. The molecule has 128 valence electrons. The maximum Gasteiger partial charge on any atom is 0.177 e. The molecule has 0 saturated carbocycles. The summed E-state index contributed by atoms with van der Waals surface area (Å²) < 4.78 is 17.1. The zero-order valence-electron chi connectivity index (χ0n) is 13.0. The Balaban J connectivity index is 1.91. The Hall–Kier alpha value is -1.54. The molecule has 0 spiro atoms. The monoisotopic (exact) mass is 413 g/mol. The molecule has 8 heteroatoms. The molecule has 3 aromatic heterocycles. The summed E-state index contributed by atoms with van der Waals surface area (Å²) in [5, 5.41) is 3.63. The van der Waals surface area contributed by atoms with Crippen LogP contribution in [0.15, 0.2) is 37.8 Å². The van der Waals surface area contributed by atoms with Crippen LogP contribution in [-0.4, -0.2) is 24.7 Å². The van der Waals surface area contributed by atoms with Gasteiger partial charge in [-0.3, -0.25) is 0 Å². The highest BCUT2D eigenvalue weighted by Gasteiger charge is 2.19. The Labute approximate surface area is 152 Å². The van der Waals surface area contributed by atoms with Crippen LogP contribution in [0.3, 0.4) is 0 Å². The Morgan fingerprint density at radius 1 is 1.50 bits per heavy atom. The predicted octanol–water partition coefficient (Wildman–Crippen LogP) is 3.97. The molecule has 0 bridgehead atoms. The van der Waals surface area contributed by atoms with E-state index >= 15 is 0 Å². The lowest BCUT2D eigenvalue weighted by Crippen LogP contribution is -2.27. The smallest absolute Gasteiger partial charge is 0.177 e. The fourth-order valence-electron chi connectivity index (χ4n) is 2.42. The summed E-state index contributed by atoms with van der Waals surface area (Å²) in [6.07, 6.45) is 2.16. The van der Waals surface area contributed by atoms with Crippen LogP contribution in [0.2, 0.25) is 5.15 Å². The Morgan fingerprint density at radius 3 is 3.04 bits per heavy atom. The summed E-state index contributed by atoms with van der Waals surface area (Å²) in [5.41, 5.74) is 8.04. The minimum absolute atomic E-state index is 0.165. The van der Waals surface area contributed by atoms with Crippen LogP contribution in [-0.2, 0) is 17.7 Å². The van der Waals surface area contributed by atoms with Crippen molar-refractivity contribution < 1.29 is 13.6 Å². The number of nitrogens with one attached hydrogen (secondary N) is 1. The van der Waals surface area contributed by atoms with E-state index in [2.05, 4.69) is 26.2 Å². The third-order valence-corrected chi connectivity index (χ3v) is 4.49. The summed E-state index contributed by atoms with van der Waals surface area (Å²) in [6, 6.07) is 5.29. The summed E-state index contributed by atoms with van der Waals surface area (Å²) >= 11 is 9.67. The minimum Gasteiger partial charge on any atom is -0.467 e. The number of fused-ring (bicyclic) bond motifs is 1. The van der Waals surface area contributed by atoms with E-state index in [1.807, 2.05) is 12.1 Å². The number of aromatic nitrogens is 1. The fourth-order valence-corrected chi connectivity index (χ4v) is 3.13. The van der Waals surface area contributed by atoms with Crippen molar-refractivity contribution in [1.82, 2.24) is 4.98 Å². The number of nitrogens with zero attached hydrogens (tertiary/aromatic N) is 1. The van der Waals surface area contributed by atoms with Gasteiger partial charge in [0.05, 0.1) is 29.6 Å². The van der Waals surface area contributed by atoms with E-state index in [9.17, 15) is 0 Å². The topological polar surface area (TPSA) is 86.5 Å². The minimum atomic E-state index is -0.165. The van der Waals surface area contributed by atoms with Crippen LogP contribution in [0.25, 0.3) is 11.1 Å². The number of rotatable bonds is 7. The zero-order chi connectivity index (χ0) is 17.1. The van der Waals surface area contributed by atoms with E-state index in [1.54, 1.807) is 19.4 Å². The molecule has 0 aliphatic heterocycles. The van der Waals surface area contributed by atoms with Crippen molar-refractivity contribution in [2.45, 2.75) is 19.0 Å². The van der Waals surface area contributed by atoms with Gasteiger partial charge < -0.3 is 24.6 Å². The highest BCUT2D eigenvalue weighted by molar-refractivity contribution is 9.10. The fraction of sp³-hybridized carbons (Fsp3) is 0.312. The molecule has 0 radical (unpaired) electrons. The van der Waals surface area contributed by atoms with Crippen LogP contribution < -0.4 is 11.1 Å². The molecule has 24 heavy (non-hydrogen) atoms. The second-order valence-electron chi connectivity index (χ2n) is 5.36. The third kappa shape index (κ3) is 3.75. The lowest BCUT2D eigenvalue weighted by atomic mass is 10.2. The maximum atomic E-state index is 6.14. The lowest BCUT2D eigenvalue weighted by molar-refractivity contribution is 0.178. The van der Waals surface area contributed by atoms with Gasteiger partial charge in [-0.05, 0) is 28.1 Å². The molecular weight excluding hydrogens is 398 g/mol. The van der Waals surface area contributed by atoms with E-state index in [-0.39, 0.29) is 6.04 Å². The second-order valence-corrected chi connectivity index (χ2v) is 6.54. The van der Waals surface area contributed by atoms with Crippen molar-refractivity contribution >= 4 is 44.3 Å². The summed E-state index contributed by atoms with van der Waals surface area (Å²) in [5.74, 6) is 1.52. The van der Waals surface area contributed by atoms with Gasteiger partial charge >= 0.3 is 0 Å². The van der Waals surface area contributed by atoms with Gasteiger partial charge in [-0.2, -0.15) is 0 Å². The largest absolute Gasteiger partial charge is 0.467 e. The Morgan fingerprint density at radius 2 is 2.33 bits per heavy atom. The predicted molar refractivity (Wildman–Crippen MR) is 96.3 cm³/mol. The van der Waals surface area contributed by atoms with Crippen molar-refractivity contribution in [3.8, 4) is 0 Å². The first-order valence-electron chi connectivity index (χ1n) is 7.36. The molecule has 0 aliphatic rings. The Kier molecular flexibility index (Phi) is 5.45. The molecule has 3 N–H and O–H groups in total. The molecule has 0 saturated heterocycles. The van der Waals surface area contributed by atoms with E-state index in [1.165, 1.54) is 0 Å². The van der Waals surface area contributed by atoms with Crippen molar-refractivity contribution in [1.29, 1.82) is 0 Å². The zero-order valence-corrected chi connectivity index (χ0v) is 15.4. The summed E-state index contributed by atoms with van der Waals surface area (Å²) in [6.45, 7) is 0.959. The molecule has 0 aromatic carbocycles. The van der Waals surface area contributed by atoms with Gasteiger partial charge in [0.25, 0.3) is 0 Å². The van der Waals surface area contributed by atoms with Gasteiger partial charge in [0.2, 0.25) is 0 Å². The number of nitrogens with two attached hydrogens (primary N) is 1. The first-order valence-corrected chi connectivity index (χ1v) is 8.53. The standard InChI is InChI=1S/C16H17BrClN3O3/c1-22-8-9(19)5-12-14(17)15-16(24-12)11(6-13(18)21-15)20-7-10-3-2-4-23-10/h2-4,6,9H,5,7-8,19H2,1H3,(H,20,21)/t9-/m1/s1. The highest BCUT2D eigenvalue weighted by Crippen LogP contribution is 2.36. The maximum absolute atomic E-state index is 6.14. The number of pyridine rings is 1. The van der Waals surface area contributed by atoms with E-state index in [4.69, 9.17) is 30.9 Å². The first kappa shape index (κ1) is 17.3. The van der Waals surface area contributed by atoms with Crippen LogP contribution >= 0.6 is 27.5 Å².